The molecule has 0 fully saturated rings. The van der Waals surface area contributed by atoms with Crippen molar-refractivity contribution in [3.05, 3.63) is 38.7 Å². The summed E-state index contributed by atoms with van der Waals surface area (Å²) in [5, 5.41) is 9.83. The van der Waals surface area contributed by atoms with Gasteiger partial charge in [0.2, 0.25) is 0 Å². The summed E-state index contributed by atoms with van der Waals surface area (Å²) >= 11 is 12.0. The molecule has 98 valence electrons. The molecule has 0 amide bonds. The summed E-state index contributed by atoms with van der Waals surface area (Å²) in [5.74, 6) is 0. The van der Waals surface area contributed by atoms with E-state index in [1.54, 1.807) is 32.0 Å². The van der Waals surface area contributed by atoms with Crippen LogP contribution in [0.15, 0.2) is 28.7 Å². The number of hydrogen-bond acceptors (Lipinski definition) is 3. The van der Waals surface area contributed by atoms with Gasteiger partial charge in [0, 0.05) is 9.93 Å². The second-order valence-corrected chi connectivity index (χ2v) is 6.22. The molecular weight excluding hydrogens is 297 g/mol. The molecule has 1 heterocycles. The molecule has 0 bridgehead atoms. The van der Waals surface area contributed by atoms with Gasteiger partial charge in [0.25, 0.3) is 0 Å². The normalized spacial score (nSPS) is 23.9. The highest BCUT2D eigenvalue weighted by atomic mass is 35.5. The van der Waals surface area contributed by atoms with Crippen molar-refractivity contribution < 1.29 is 14.4 Å². The SMILES string of the molecule is CC1=C(C)S(=O)N(c2cc(Cl)ccc2Cl)C1OO. The third kappa shape index (κ3) is 2.17. The molecule has 2 atom stereocenters. The van der Waals surface area contributed by atoms with E-state index in [1.807, 2.05) is 0 Å². The van der Waals surface area contributed by atoms with Crippen molar-refractivity contribution in [3.8, 4) is 0 Å². The van der Waals surface area contributed by atoms with Crippen LogP contribution in [-0.2, 0) is 15.9 Å². The lowest BCUT2D eigenvalue weighted by Crippen LogP contribution is -2.33. The lowest BCUT2D eigenvalue weighted by molar-refractivity contribution is -0.264. The lowest BCUT2D eigenvalue weighted by atomic mass is 10.2. The van der Waals surface area contributed by atoms with Crippen LogP contribution in [0.4, 0.5) is 5.69 Å². The van der Waals surface area contributed by atoms with Gasteiger partial charge in [0.05, 0.1) is 10.7 Å². The van der Waals surface area contributed by atoms with E-state index >= 15 is 0 Å². The number of anilines is 1. The zero-order chi connectivity index (χ0) is 13.4. The number of benzene rings is 1. The van der Waals surface area contributed by atoms with E-state index < -0.39 is 17.2 Å². The molecule has 18 heavy (non-hydrogen) atoms. The van der Waals surface area contributed by atoms with E-state index in [0.717, 1.165) is 0 Å². The fourth-order valence-electron chi connectivity index (χ4n) is 1.71. The first-order valence-electron chi connectivity index (χ1n) is 5.11. The van der Waals surface area contributed by atoms with Crippen LogP contribution < -0.4 is 4.31 Å². The van der Waals surface area contributed by atoms with E-state index in [9.17, 15) is 4.21 Å². The van der Waals surface area contributed by atoms with Crippen LogP contribution in [0, 0.1) is 0 Å². The van der Waals surface area contributed by atoms with E-state index in [0.29, 0.717) is 26.2 Å². The third-order valence-corrected chi connectivity index (χ3v) is 4.97. The summed E-state index contributed by atoms with van der Waals surface area (Å²) in [6.07, 6.45) is -0.818. The average Bonchev–Trinajstić information content (AvgIpc) is 2.56. The van der Waals surface area contributed by atoms with Gasteiger partial charge in [-0.2, -0.15) is 0 Å². The Morgan fingerprint density at radius 3 is 2.67 bits per heavy atom. The Hall–Kier alpha value is -0.590. The third-order valence-electron chi connectivity index (χ3n) is 2.82. The number of nitrogens with zero attached hydrogens (tertiary/aromatic N) is 1. The van der Waals surface area contributed by atoms with Crippen LogP contribution in [0.5, 0.6) is 0 Å². The van der Waals surface area contributed by atoms with Gasteiger partial charge in [0.1, 0.15) is 0 Å². The summed E-state index contributed by atoms with van der Waals surface area (Å²) in [5.41, 5.74) is 1.14. The van der Waals surface area contributed by atoms with Crippen molar-refractivity contribution in [2.24, 2.45) is 0 Å². The monoisotopic (exact) mass is 307 g/mol. The van der Waals surface area contributed by atoms with Crippen molar-refractivity contribution in [1.82, 2.24) is 0 Å². The molecule has 1 aromatic carbocycles. The Morgan fingerprint density at radius 2 is 2.06 bits per heavy atom. The molecule has 1 aliphatic heterocycles. The predicted molar refractivity (Wildman–Crippen MR) is 73.0 cm³/mol. The number of allylic oxidation sites excluding steroid dienone is 1. The van der Waals surface area contributed by atoms with Crippen molar-refractivity contribution in [2.75, 3.05) is 4.31 Å². The predicted octanol–water partition coefficient (Wildman–Crippen LogP) is 3.59. The van der Waals surface area contributed by atoms with Crippen molar-refractivity contribution in [1.29, 1.82) is 0 Å². The molecule has 1 aliphatic rings. The largest absolute Gasteiger partial charge is 0.252 e. The molecule has 1 N–H and O–H groups in total. The molecule has 4 nitrogen and oxygen atoms in total. The highest BCUT2D eigenvalue weighted by Gasteiger charge is 2.37. The molecule has 0 saturated heterocycles. The zero-order valence-electron chi connectivity index (χ0n) is 9.68. The molecule has 1 aromatic rings. The summed E-state index contributed by atoms with van der Waals surface area (Å²) in [7, 11) is -1.45. The van der Waals surface area contributed by atoms with Gasteiger partial charge in [-0.1, -0.05) is 23.2 Å². The Morgan fingerprint density at radius 1 is 1.39 bits per heavy atom. The second kappa shape index (κ2) is 5.19. The summed E-state index contributed by atoms with van der Waals surface area (Å²) in [6, 6.07) is 4.82. The summed E-state index contributed by atoms with van der Waals surface area (Å²) < 4.78 is 13.6. The molecule has 0 aromatic heterocycles. The van der Waals surface area contributed by atoms with Crippen LogP contribution >= 0.6 is 23.2 Å². The maximum absolute atomic E-state index is 12.2. The van der Waals surface area contributed by atoms with Gasteiger partial charge in [0.15, 0.2) is 17.2 Å². The molecule has 0 aliphatic carbocycles. The smallest absolute Gasteiger partial charge is 0.199 e. The van der Waals surface area contributed by atoms with Crippen molar-refractivity contribution >= 4 is 39.9 Å². The van der Waals surface area contributed by atoms with E-state index in [1.165, 1.54) is 4.31 Å². The van der Waals surface area contributed by atoms with E-state index in [2.05, 4.69) is 4.89 Å². The van der Waals surface area contributed by atoms with Gasteiger partial charge in [-0.3, -0.25) is 4.31 Å². The lowest BCUT2D eigenvalue weighted by Gasteiger charge is -2.24. The molecule has 2 rings (SSSR count). The van der Waals surface area contributed by atoms with Gasteiger partial charge < -0.3 is 0 Å². The van der Waals surface area contributed by atoms with Gasteiger partial charge in [-0.05, 0) is 37.6 Å². The molecular formula is C11H11Cl2NO3S. The first-order valence-corrected chi connectivity index (χ1v) is 6.97. The zero-order valence-corrected chi connectivity index (χ0v) is 12.0. The quantitative estimate of drug-likeness (QED) is 0.671. The maximum Gasteiger partial charge on any atom is 0.199 e. The van der Waals surface area contributed by atoms with Crippen LogP contribution in [0.2, 0.25) is 10.0 Å². The summed E-state index contributed by atoms with van der Waals surface area (Å²) in [6.45, 7) is 3.46. The Kier molecular flexibility index (Phi) is 3.99. The molecule has 2 unspecified atom stereocenters. The van der Waals surface area contributed by atoms with Crippen LogP contribution in [0.3, 0.4) is 0 Å². The Balaban J connectivity index is 2.51. The number of hydrogen-bond donors (Lipinski definition) is 1. The van der Waals surface area contributed by atoms with E-state index in [4.69, 9.17) is 28.5 Å². The van der Waals surface area contributed by atoms with Crippen molar-refractivity contribution in [3.63, 3.8) is 0 Å². The van der Waals surface area contributed by atoms with E-state index in [-0.39, 0.29) is 0 Å². The number of halogens is 2. The Labute approximate surface area is 117 Å². The Bertz CT molecular complexity index is 547. The first kappa shape index (κ1) is 13.8. The minimum Gasteiger partial charge on any atom is -0.252 e. The minimum absolute atomic E-state index is 0.386. The molecule has 7 heteroatoms. The van der Waals surface area contributed by atoms with Gasteiger partial charge in [-0.25, -0.2) is 14.4 Å². The van der Waals surface area contributed by atoms with Crippen LogP contribution in [0.1, 0.15) is 13.8 Å². The maximum atomic E-state index is 12.2. The molecule has 0 spiro atoms. The standard InChI is InChI=1S/C11H11Cl2NO3S/c1-6-7(2)18(16)14(11(6)17-15)10-5-8(12)3-4-9(10)13/h3-5,11,15H,1-2H3. The van der Waals surface area contributed by atoms with Crippen molar-refractivity contribution in [2.45, 2.75) is 20.1 Å². The highest BCUT2D eigenvalue weighted by molar-refractivity contribution is 7.90. The van der Waals surface area contributed by atoms with Gasteiger partial charge >= 0.3 is 0 Å². The number of rotatable bonds is 2. The van der Waals surface area contributed by atoms with Gasteiger partial charge in [-0.15, -0.1) is 0 Å². The fraction of sp³-hybridized carbons (Fsp3) is 0.273. The van der Waals surface area contributed by atoms with Crippen LogP contribution in [0.25, 0.3) is 0 Å². The van der Waals surface area contributed by atoms with Crippen LogP contribution in [-0.4, -0.2) is 15.7 Å². The summed E-state index contributed by atoms with van der Waals surface area (Å²) in [4.78, 5) is 5.03. The fourth-order valence-corrected chi connectivity index (χ4v) is 3.51. The molecule has 0 radical (unpaired) electrons. The molecule has 0 saturated carbocycles. The highest BCUT2D eigenvalue weighted by Crippen LogP contribution is 2.38. The second-order valence-electron chi connectivity index (χ2n) is 3.87. The average molecular weight is 308 g/mol. The minimum atomic E-state index is -1.45. The topological polar surface area (TPSA) is 49.8 Å². The first-order chi connectivity index (χ1) is 8.47.